The largest absolute Gasteiger partial charge is 0.481 e. The summed E-state index contributed by atoms with van der Waals surface area (Å²) in [6.45, 7) is -0.266. The molecule has 0 spiro atoms. The highest BCUT2D eigenvalue weighted by Crippen LogP contribution is 2.35. The van der Waals surface area contributed by atoms with Gasteiger partial charge < -0.3 is 20.4 Å². The molecular weight excluding hydrogens is 470 g/mol. The minimum atomic E-state index is -4.88. The molecule has 1 aliphatic heterocycles. The van der Waals surface area contributed by atoms with E-state index in [1.165, 1.54) is 17.0 Å². The standard InChI is InChI=1S/C21H18ClF4N3O4/c22-12-4-1-3-11(21(24,25)26)16(12)19(31)28-14-6-2-5-13(23)17(14)18(27)29-8-7-10(20(32)33)15(30)9-29/h1-6,10,15,27,30H,7-9H2,(H,28,31)(H,32,33)/t10-,15+/m1/s1. The van der Waals surface area contributed by atoms with Crippen LogP contribution in [0.1, 0.15) is 27.9 Å². The number of benzene rings is 2. The molecule has 12 heteroatoms. The molecule has 0 bridgehead atoms. The zero-order chi connectivity index (χ0) is 24.5. The third kappa shape index (κ3) is 5.09. The lowest BCUT2D eigenvalue weighted by molar-refractivity contribution is -0.147. The molecular formula is C21H18ClF4N3O4. The minimum Gasteiger partial charge on any atom is -0.481 e. The Labute approximate surface area is 190 Å². The summed E-state index contributed by atoms with van der Waals surface area (Å²) in [5.41, 5.74) is -2.84. The molecule has 7 nitrogen and oxygen atoms in total. The van der Waals surface area contributed by atoms with Crippen molar-refractivity contribution >= 4 is 35.0 Å². The normalized spacial score (nSPS) is 18.7. The highest BCUT2D eigenvalue weighted by atomic mass is 35.5. The van der Waals surface area contributed by atoms with E-state index >= 15 is 0 Å². The van der Waals surface area contributed by atoms with E-state index in [0.717, 1.165) is 18.2 Å². The Morgan fingerprint density at radius 3 is 2.42 bits per heavy atom. The second-order valence-electron chi connectivity index (χ2n) is 7.37. The number of nitrogens with zero attached hydrogens (tertiary/aromatic N) is 1. The van der Waals surface area contributed by atoms with Crippen LogP contribution in [0, 0.1) is 17.1 Å². The lowest BCUT2D eigenvalue weighted by atomic mass is 9.93. The summed E-state index contributed by atoms with van der Waals surface area (Å²) in [7, 11) is 0. The maximum Gasteiger partial charge on any atom is 0.417 e. The van der Waals surface area contributed by atoms with E-state index in [0.29, 0.717) is 6.07 Å². The molecule has 0 saturated carbocycles. The number of halogens is 5. The summed E-state index contributed by atoms with van der Waals surface area (Å²) in [6, 6.07) is 6.23. The number of rotatable bonds is 4. The smallest absolute Gasteiger partial charge is 0.417 e. The summed E-state index contributed by atoms with van der Waals surface area (Å²) in [4.78, 5) is 25.1. The topological polar surface area (TPSA) is 114 Å². The molecule has 0 aliphatic carbocycles. The van der Waals surface area contributed by atoms with Crippen LogP contribution in [0.2, 0.25) is 5.02 Å². The molecule has 0 radical (unpaired) electrons. The van der Waals surface area contributed by atoms with Crippen molar-refractivity contribution in [1.29, 1.82) is 5.41 Å². The molecule has 1 heterocycles. The van der Waals surface area contributed by atoms with E-state index in [1.54, 1.807) is 0 Å². The van der Waals surface area contributed by atoms with E-state index in [9.17, 15) is 32.3 Å². The number of hydrogen-bond donors (Lipinski definition) is 4. The highest BCUT2D eigenvalue weighted by Gasteiger charge is 2.37. The number of anilines is 1. The molecule has 4 N–H and O–H groups in total. The summed E-state index contributed by atoms with van der Waals surface area (Å²) in [5, 5.41) is 29.3. The van der Waals surface area contributed by atoms with E-state index in [4.69, 9.17) is 22.1 Å². The number of likely N-dealkylation sites (tertiary alicyclic amines) is 1. The second kappa shape index (κ2) is 9.36. The van der Waals surface area contributed by atoms with Crippen molar-refractivity contribution in [3.63, 3.8) is 0 Å². The molecule has 2 atom stereocenters. The molecule has 2 aromatic carbocycles. The van der Waals surface area contributed by atoms with Crippen molar-refractivity contribution in [2.24, 2.45) is 5.92 Å². The fraction of sp³-hybridized carbons (Fsp3) is 0.286. The van der Waals surface area contributed by atoms with Crippen molar-refractivity contribution in [3.8, 4) is 0 Å². The van der Waals surface area contributed by atoms with E-state index < -0.39 is 63.4 Å². The average Bonchev–Trinajstić information content (AvgIpc) is 2.72. The number of carbonyl (C=O) groups excluding carboxylic acids is 1. The first-order valence-corrected chi connectivity index (χ1v) is 10.00. The predicted molar refractivity (Wildman–Crippen MR) is 111 cm³/mol. The highest BCUT2D eigenvalue weighted by molar-refractivity contribution is 6.34. The maximum absolute atomic E-state index is 14.7. The maximum atomic E-state index is 14.7. The van der Waals surface area contributed by atoms with Crippen molar-refractivity contribution in [1.82, 2.24) is 4.90 Å². The number of hydrogen-bond acceptors (Lipinski definition) is 4. The molecule has 3 rings (SSSR count). The van der Waals surface area contributed by atoms with Gasteiger partial charge in [0.05, 0.1) is 39.4 Å². The number of β-amino-alcohol motifs (C(OH)–C–C–N with tert-alkyl or cyclic N) is 1. The summed E-state index contributed by atoms with van der Waals surface area (Å²) in [6.07, 6.45) is -6.21. The SMILES string of the molecule is N=C(c1c(F)cccc1NC(=O)c1c(Cl)cccc1C(F)(F)F)N1CC[C@@H](C(=O)O)[C@@H](O)C1. The Morgan fingerprint density at radius 2 is 1.82 bits per heavy atom. The Balaban J connectivity index is 1.92. The molecule has 176 valence electrons. The minimum absolute atomic E-state index is 0.0103. The van der Waals surface area contributed by atoms with Crippen molar-refractivity contribution in [2.45, 2.75) is 18.7 Å². The van der Waals surface area contributed by atoms with Gasteiger partial charge in [-0.15, -0.1) is 0 Å². The fourth-order valence-electron chi connectivity index (χ4n) is 3.63. The van der Waals surface area contributed by atoms with Crippen LogP contribution in [0.15, 0.2) is 36.4 Å². The monoisotopic (exact) mass is 487 g/mol. The summed E-state index contributed by atoms with van der Waals surface area (Å²) < 4.78 is 54.8. The molecule has 1 fully saturated rings. The Kier molecular flexibility index (Phi) is 6.94. The van der Waals surface area contributed by atoms with Gasteiger partial charge in [0.25, 0.3) is 5.91 Å². The number of nitrogens with one attached hydrogen (secondary N) is 2. The van der Waals surface area contributed by atoms with Gasteiger partial charge in [0.15, 0.2) is 0 Å². The second-order valence-corrected chi connectivity index (χ2v) is 7.78. The number of alkyl halides is 3. The number of amides is 1. The quantitative estimate of drug-likeness (QED) is 0.297. The number of carboxylic acids is 1. The Hall–Kier alpha value is -3.18. The third-order valence-electron chi connectivity index (χ3n) is 5.26. The van der Waals surface area contributed by atoms with Crippen LogP contribution in [-0.2, 0) is 11.0 Å². The molecule has 1 aliphatic rings. The number of aliphatic hydroxyl groups excluding tert-OH is 1. The predicted octanol–water partition coefficient (Wildman–Crippen LogP) is 3.84. The molecule has 1 amide bonds. The van der Waals surface area contributed by atoms with Gasteiger partial charge in [0.2, 0.25) is 0 Å². The number of aliphatic carboxylic acids is 1. The first-order chi connectivity index (χ1) is 15.4. The number of aliphatic hydroxyl groups is 1. The van der Waals surface area contributed by atoms with Gasteiger partial charge in [-0.2, -0.15) is 13.2 Å². The van der Waals surface area contributed by atoms with Crippen LogP contribution >= 0.6 is 11.6 Å². The van der Waals surface area contributed by atoms with Crippen LogP contribution in [0.4, 0.5) is 23.2 Å². The van der Waals surface area contributed by atoms with E-state index in [1.807, 2.05) is 0 Å². The Morgan fingerprint density at radius 1 is 1.15 bits per heavy atom. The first kappa shape index (κ1) is 24.5. The first-order valence-electron chi connectivity index (χ1n) is 9.62. The lowest BCUT2D eigenvalue weighted by Gasteiger charge is -2.36. The number of amidine groups is 1. The Bertz CT molecular complexity index is 1110. The summed E-state index contributed by atoms with van der Waals surface area (Å²) in [5.74, 6) is -4.91. The third-order valence-corrected chi connectivity index (χ3v) is 5.58. The fourth-order valence-corrected chi connectivity index (χ4v) is 3.89. The molecule has 2 aromatic rings. The van der Waals surface area contributed by atoms with Crippen LogP contribution in [-0.4, -0.2) is 52.0 Å². The van der Waals surface area contributed by atoms with E-state index in [2.05, 4.69) is 5.32 Å². The van der Waals surface area contributed by atoms with Crippen LogP contribution in [0.25, 0.3) is 0 Å². The molecule has 1 saturated heterocycles. The van der Waals surface area contributed by atoms with Gasteiger partial charge in [-0.1, -0.05) is 23.7 Å². The number of carbonyl (C=O) groups is 2. The number of piperidine rings is 1. The van der Waals surface area contributed by atoms with Crippen LogP contribution < -0.4 is 5.32 Å². The van der Waals surface area contributed by atoms with Gasteiger partial charge in [0, 0.05) is 13.1 Å². The summed E-state index contributed by atoms with van der Waals surface area (Å²) >= 11 is 5.85. The van der Waals surface area contributed by atoms with Crippen molar-refractivity contribution in [2.75, 3.05) is 18.4 Å². The van der Waals surface area contributed by atoms with E-state index in [-0.39, 0.29) is 25.2 Å². The van der Waals surface area contributed by atoms with Gasteiger partial charge in [-0.05, 0) is 30.7 Å². The van der Waals surface area contributed by atoms with Gasteiger partial charge in [-0.3, -0.25) is 15.0 Å². The molecule has 33 heavy (non-hydrogen) atoms. The van der Waals surface area contributed by atoms with Crippen molar-refractivity contribution < 1.29 is 37.4 Å². The average molecular weight is 488 g/mol. The molecule has 0 aromatic heterocycles. The van der Waals surface area contributed by atoms with Gasteiger partial charge in [-0.25, -0.2) is 4.39 Å². The van der Waals surface area contributed by atoms with Gasteiger partial charge >= 0.3 is 12.1 Å². The number of carboxylic acid groups (broad SMARTS) is 1. The van der Waals surface area contributed by atoms with Crippen LogP contribution in [0.3, 0.4) is 0 Å². The van der Waals surface area contributed by atoms with Crippen molar-refractivity contribution in [3.05, 3.63) is 63.9 Å². The van der Waals surface area contributed by atoms with Gasteiger partial charge in [0.1, 0.15) is 11.7 Å². The van der Waals surface area contributed by atoms with Crippen LogP contribution in [0.5, 0.6) is 0 Å². The zero-order valence-corrected chi connectivity index (χ0v) is 17.5. The lowest BCUT2D eigenvalue weighted by Crippen LogP contribution is -2.49. The zero-order valence-electron chi connectivity index (χ0n) is 16.8. The molecule has 0 unspecified atom stereocenters.